The third-order valence-electron chi connectivity index (χ3n) is 2.78. The molecule has 16 heavy (non-hydrogen) atoms. The quantitative estimate of drug-likeness (QED) is 0.778. The van der Waals surface area contributed by atoms with E-state index in [0.717, 1.165) is 6.42 Å². The van der Waals surface area contributed by atoms with Gasteiger partial charge in [-0.15, -0.1) is 0 Å². The van der Waals surface area contributed by atoms with Gasteiger partial charge in [0.1, 0.15) is 5.60 Å². The summed E-state index contributed by atoms with van der Waals surface area (Å²) in [5, 5.41) is 2.69. The fourth-order valence-corrected chi connectivity index (χ4v) is 1.05. The van der Waals surface area contributed by atoms with Gasteiger partial charge >= 0.3 is 6.09 Å². The maximum Gasteiger partial charge on any atom is 0.407 e. The third-order valence-corrected chi connectivity index (χ3v) is 2.78. The predicted octanol–water partition coefficient (Wildman–Crippen LogP) is 2.27. The SMILES string of the molecule is CCC(C)(C)C(N)CNC(=O)OC(C)(C)C. The van der Waals surface area contributed by atoms with Crippen LogP contribution in [0.25, 0.3) is 0 Å². The molecule has 0 heterocycles. The molecule has 0 bridgehead atoms. The number of hydrogen-bond donors (Lipinski definition) is 2. The van der Waals surface area contributed by atoms with Gasteiger partial charge in [0.25, 0.3) is 0 Å². The molecule has 0 aliphatic carbocycles. The second-order valence-electron chi connectivity index (χ2n) is 5.83. The standard InChI is InChI=1S/C12H26N2O2/c1-7-12(5,6)9(13)8-14-10(15)16-11(2,3)4/h9H,7-8,13H2,1-6H3,(H,14,15). The predicted molar refractivity (Wildman–Crippen MR) is 66.3 cm³/mol. The first kappa shape index (κ1) is 15.2. The number of hydrogen-bond acceptors (Lipinski definition) is 3. The van der Waals surface area contributed by atoms with Crippen LogP contribution in [0.5, 0.6) is 0 Å². The molecule has 3 N–H and O–H groups in total. The molecule has 0 aromatic heterocycles. The highest BCUT2D eigenvalue weighted by Crippen LogP contribution is 2.22. The number of nitrogens with one attached hydrogen (secondary N) is 1. The third kappa shape index (κ3) is 5.95. The summed E-state index contributed by atoms with van der Waals surface area (Å²) in [7, 11) is 0. The minimum atomic E-state index is -0.464. The Hall–Kier alpha value is -0.770. The van der Waals surface area contributed by atoms with Gasteiger partial charge in [-0.3, -0.25) is 0 Å². The van der Waals surface area contributed by atoms with Gasteiger partial charge in [-0.05, 0) is 32.6 Å². The lowest BCUT2D eigenvalue weighted by atomic mass is 9.82. The Morgan fingerprint density at radius 2 is 1.81 bits per heavy atom. The van der Waals surface area contributed by atoms with Crippen LogP contribution in [-0.4, -0.2) is 24.3 Å². The van der Waals surface area contributed by atoms with E-state index in [0.29, 0.717) is 6.54 Å². The van der Waals surface area contributed by atoms with E-state index in [1.54, 1.807) is 0 Å². The lowest BCUT2D eigenvalue weighted by Crippen LogP contribution is -2.47. The Bertz CT molecular complexity index is 232. The number of carbonyl (C=O) groups is 1. The van der Waals surface area contributed by atoms with Crippen LogP contribution in [0.4, 0.5) is 4.79 Å². The van der Waals surface area contributed by atoms with Gasteiger partial charge in [0.05, 0.1) is 0 Å². The van der Waals surface area contributed by atoms with Gasteiger partial charge in [-0.2, -0.15) is 0 Å². The molecule has 1 atom stereocenters. The summed E-state index contributed by atoms with van der Waals surface area (Å²) in [5.74, 6) is 0. The number of alkyl carbamates (subject to hydrolysis) is 1. The Labute approximate surface area is 98.9 Å². The highest BCUT2D eigenvalue weighted by molar-refractivity contribution is 5.67. The molecule has 0 saturated heterocycles. The van der Waals surface area contributed by atoms with Crippen molar-refractivity contribution in [2.45, 2.75) is 59.6 Å². The molecule has 0 rings (SSSR count). The second kappa shape index (κ2) is 5.53. The van der Waals surface area contributed by atoms with Crippen LogP contribution in [0.1, 0.15) is 48.0 Å². The normalized spacial score (nSPS) is 14.4. The van der Waals surface area contributed by atoms with E-state index in [4.69, 9.17) is 10.5 Å². The van der Waals surface area contributed by atoms with Crippen LogP contribution in [0.2, 0.25) is 0 Å². The van der Waals surface area contributed by atoms with E-state index in [1.807, 2.05) is 20.8 Å². The fraction of sp³-hybridized carbons (Fsp3) is 0.917. The summed E-state index contributed by atoms with van der Waals surface area (Å²) in [6.07, 6.45) is 0.569. The summed E-state index contributed by atoms with van der Waals surface area (Å²) < 4.78 is 5.13. The minimum Gasteiger partial charge on any atom is -0.444 e. The Morgan fingerprint density at radius 1 is 1.31 bits per heavy atom. The van der Waals surface area contributed by atoms with Crippen molar-refractivity contribution in [1.29, 1.82) is 0 Å². The molecule has 0 aromatic rings. The molecule has 0 fully saturated rings. The highest BCUT2D eigenvalue weighted by Gasteiger charge is 2.25. The summed E-state index contributed by atoms with van der Waals surface area (Å²) in [4.78, 5) is 11.4. The van der Waals surface area contributed by atoms with Crippen LogP contribution in [-0.2, 0) is 4.74 Å². The maximum atomic E-state index is 11.4. The van der Waals surface area contributed by atoms with E-state index < -0.39 is 11.7 Å². The number of ether oxygens (including phenoxy) is 1. The van der Waals surface area contributed by atoms with Crippen molar-refractivity contribution in [2.75, 3.05) is 6.54 Å². The molecule has 0 spiro atoms. The summed E-state index contributed by atoms with van der Waals surface area (Å²) in [6, 6.07) is -0.0648. The van der Waals surface area contributed by atoms with Crippen molar-refractivity contribution < 1.29 is 9.53 Å². The fourth-order valence-electron chi connectivity index (χ4n) is 1.05. The zero-order valence-electron chi connectivity index (χ0n) is 11.4. The van der Waals surface area contributed by atoms with Crippen LogP contribution in [0.3, 0.4) is 0 Å². The Kier molecular flexibility index (Phi) is 5.26. The lowest BCUT2D eigenvalue weighted by molar-refractivity contribution is 0.0516. The molecule has 1 unspecified atom stereocenters. The van der Waals surface area contributed by atoms with E-state index >= 15 is 0 Å². The van der Waals surface area contributed by atoms with Crippen molar-refractivity contribution in [1.82, 2.24) is 5.32 Å². The molecule has 0 aliphatic rings. The molecule has 0 aromatic carbocycles. The van der Waals surface area contributed by atoms with Crippen molar-refractivity contribution in [3.63, 3.8) is 0 Å². The summed E-state index contributed by atoms with van der Waals surface area (Å²) >= 11 is 0. The van der Waals surface area contributed by atoms with E-state index in [1.165, 1.54) is 0 Å². The van der Waals surface area contributed by atoms with E-state index in [2.05, 4.69) is 26.1 Å². The van der Waals surface area contributed by atoms with Crippen molar-refractivity contribution in [3.8, 4) is 0 Å². The summed E-state index contributed by atoms with van der Waals surface area (Å²) in [6.45, 7) is 12.2. The first-order chi connectivity index (χ1) is 7.08. The van der Waals surface area contributed by atoms with Crippen molar-refractivity contribution in [2.24, 2.45) is 11.1 Å². The number of amides is 1. The topological polar surface area (TPSA) is 64.3 Å². The summed E-state index contributed by atoms with van der Waals surface area (Å²) in [5.41, 5.74) is 5.56. The molecular formula is C12H26N2O2. The molecule has 1 amide bonds. The largest absolute Gasteiger partial charge is 0.444 e. The van der Waals surface area contributed by atoms with Gasteiger partial charge in [-0.1, -0.05) is 20.8 Å². The second-order valence-corrected chi connectivity index (χ2v) is 5.83. The van der Waals surface area contributed by atoms with Gasteiger partial charge in [-0.25, -0.2) is 4.79 Å². The first-order valence-corrected chi connectivity index (χ1v) is 5.81. The van der Waals surface area contributed by atoms with E-state index in [-0.39, 0.29) is 11.5 Å². The molecule has 4 nitrogen and oxygen atoms in total. The van der Waals surface area contributed by atoms with Crippen LogP contribution < -0.4 is 11.1 Å². The maximum absolute atomic E-state index is 11.4. The molecule has 0 radical (unpaired) electrons. The lowest BCUT2D eigenvalue weighted by Gasteiger charge is -2.30. The molecular weight excluding hydrogens is 204 g/mol. The van der Waals surface area contributed by atoms with Crippen molar-refractivity contribution >= 4 is 6.09 Å². The highest BCUT2D eigenvalue weighted by atomic mass is 16.6. The van der Waals surface area contributed by atoms with E-state index in [9.17, 15) is 4.79 Å². The zero-order valence-corrected chi connectivity index (χ0v) is 11.4. The molecule has 4 heteroatoms. The molecule has 0 aliphatic heterocycles. The average molecular weight is 230 g/mol. The Morgan fingerprint density at radius 3 is 2.19 bits per heavy atom. The van der Waals surface area contributed by atoms with Gasteiger partial charge in [0.2, 0.25) is 0 Å². The van der Waals surface area contributed by atoms with Crippen LogP contribution in [0.15, 0.2) is 0 Å². The number of nitrogens with two attached hydrogens (primary N) is 1. The van der Waals surface area contributed by atoms with Gasteiger partial charge in [0.15, 0.2) is 0 Å². The van der Waals surface area contributed by atoms with Crippen molar-refractivity contribution in [3.05, 3.63) is 0 Å². The molecule has 0 saturated carbocycles. The zero-order chi connectivity index (χ0) is 13.0. The number of carbonyl (C=O) groups excluding carboxylic acids is 1. The minimum absolute atomic E-state index is 0.0228. The first-order valence-electron chi connectivity index (χ1n) is 5.81. The smallest absolute Gasteiger partial charge is 0.407 e. The molecule has 96 valence electrons. The average Bonchev–Trinajstić information content (AvgIpc) is 2.11. The monoisotopic (exact) mass is 230 g/mol. The van der Waals surface area contributed by atoms with Gasteiger partial charge < -0.3 is 15.8 Å². The Balaban J connectivity index is 4.02. The number of rotatable bonds is 4. The van der Waals surface area contributed by atoms with Crippen LogP contribution >= 0.6 is 0 Å². The van der Waals surface area contributed by atoms with Gasteiger partial charge in [0, 0.05) is 12.6 Å². The van der Waals surface area contributed by atoms with Crippen LogP contribution in [0, 0.1) is 5.41 Å².